The molecule has 1 saturated carbocycles. The molecule has 1 fully saturated rings. The average Bonchev–Trinajstić information content (AvgIpc) is 3.08. The van der Waals surface area contributed by atoms with Gasteiger partial charge in [0.1, 0.15) is 0 Å². The van der Waals surface area contributed by atoms with Gasteiger partial charge in [-0.15, -0.1) is 0 Å². The van der Waals surface area contributed by atoms with Crippen molar-refractivity contribution in [1.82, 2.24) is 4.90 Å². The Morgan fingerprint density at radius 3 is 2.28 bits per heavy atom. The Balaban J connectivity index is 2.00. The quantitative estimate of drug-likeness (QED) is 0.798. The van der Waals surface area contributed by atoms with Gasteiger partial charge >= 0.3 is 0 Å². The lowest BCUT2D eigenvalue weighted by molar-refractivity contribution is -0.132. The van der Waals surface area contributed by atoms with Gasteiger partial charge in [-0.05, 0) is 30.5 Å². The van der Waals surface area contributed by atoms with Crippen LogP contribution in [0.15, 0.2) is 24.3 Å². The van der Waals surface area contributed by atoms with E-state index in [2.05, 4.69) is 0 Å². The zero-order valence-electron chi connectivity index (χ0n) is 10.3. The molecule has 0 spiro atoms. The van der Waals surface area contributed by atoms with Gasteiger partial charge in [0, 0.05) is 19.2 Å². The lowest BCUT2D eigenvalue weighted by atomic mass is 10.1. The molecule has 0 saturated heterocycles. The number of nitrogens with two attached hydrogens (primary N) is 2. The van der Waals surface area contributed by atoms with Crippen molar-refractivity contribution in [3.05, 3.63) is 35.4 Å². The lowest BCUT2D eigenvalue weighted by Gasteiger charge is -2.21. The molecule has 1 aliphatic rings. The molecular weight excluding hydrogens is 230 g/mol. The van der Waals surface area contributed by atoms with E-state index in [1.807, 2.05) is 0 Å². The molecule has 0 radical (unpaired) electrons. The number of carbonyl (C=O) groups excluding carboxylic acids is 2. The molecule has 2 amide bonds. The summed E-state index contributed by atoms with van der Waals surface area (Å²) in [6.07, 6.45) is 1.52. The van der Waals surface area contributed by atoms with Gasteiger partial charge < -0.3 is 16.4 Å². The van der Waals surface area contributed by atoms with Crippen molar-refractivity contribution in [2.24, 2.45) is 11.5 Å². The summed E-state index contributed by atoms with van der Waals surface area (Å²) in [5.74, 6) is -0.480. The van der Waals surface area contributed by atoms with Gasteiger partial charge in [-0.2, -0.15) is 0 Å². The highest BCUT2D eigenvalue weighted by atomic mass is 16.2. The highest BCUT2D eigenvalue weighted by molar-refractivity contribution is 5.92. The third-order valence-electron chi connectivity index (χ3n) is 3.22. The highest BCUT2D eigenvalue weighted by Gasteiger charge is 2.47. The van der Waals surface area contributed by atoms with Gasteiger partial charge in [0.15, 0.2) is 0 Å². The summed E-state index contributed by atoms with van der Waals surface area (Å²) in [4.78, 5) is 24.5. The summed E-state index contributed by atoms with van der Waals surface area (Å²) in [5.41, 5.74) is 11.8. The third kappa shape index (κ3) is 2.51. The fourth-order valence-electron chi connectivity index (χ4n) is 1.85. The Bertz CT molecular complexity index is 478. The summed E-state index contributed by atoms with van der Waals surface area (Å²) in [6, 6.07) is 6.90. The van der Waals surface area contributed by atoms with Crippen LogP contribution in [0.1, 0.15) is 28.8 Å². The normalized spacial score (nSPS) is 16.1. The van der Waals surface area contributed by atoms with Crippen molar-refractivity contribution >= 4 is 11.8 Å². The zero-order valence-corrected chi connectivity index (χ0v) is 10.3. The molecule has 1 aromatic carbocycles. The minimum absolute atomic E-state index is 0.0264. The fraction of sp³-hybridized carbons (Fsp3) is 0.385. The maximum atomic E-state index is 11.9. The zero-order chi connectivity index (χ0) is 13.3. The van der Waals surface area contributed by atoms with E-state index in [0.717, 1.165) is 18.4 Å². The molecule has 5 heteroatoms. The first-order valence-electron chi connectivity index (χ1n) is 5.85. The first kappa shape index (κ1) is 12.6. The minimum Gasteiger partial charge on any atom is -0.366 e. The SMILES string of the molecule is CN(Cc1ccc(C(N)=O)cc1)C(=O)C1(N)CC1. The Morgan fingerprint density at radius 2 is 1.83 bits per heavy atom. The molecule has 0 heterocycles. The van der Waals surface area contributed by atoms with Crippen molar-refractivity contribution in [2.45, 2.75) is 24.9 Å². The maximum absolute atomic E-state index is 11.9. The molecule has 0 aliphatic heterocycles. The number of hydrogen-bond donors (Lipinski definition) is 2. The number of nitrogens with zero attached hydrogens (tertiary/aromatic N) is 1. The summed E-state index contributed by atoms with van der Waals surface area (Å²) in [5, 5.41) is 0. The van der Waals surface area contributed by atoms with E-state index in [1.54, 1.807) is 36.2 Å². The van der Waals surface area contributed by atoms with Crippen LogP contribution in [0.25, 0.3) is 0 Å². The molecule has 1 aromatic rings. The van der Waals surface area contributed by atoms with E-state index in [0.29, 0.717) is 12.1 Å². The van der Waals surface area contributed by atoms with Gasteiger partial charge in [0.05, 0.1) is 5.54 Å². The molecule has 1 aliphatic carbocycles. The Labute approximate surface area is 106 Å². The highest BCUT2D eigenvalue weighted by Crippen LogP contribution is 2.34. The van der Waals surface area contributed by atoms with Crippen LogP contribution in [0.3, 0.4) is 0 Å². The number of rotatable bonds is 4. The van der Waals surface area contributed by atoms with Crippen LogP contribution in [0.4, 0.5) is 0 Å². The lowest BCUT2D eigenvalue weighted by Crippen LogP contribution is -2.43. The molecule has 96 valence electrons. The van der Waals surface area contributed by atoms with Crippen LogP contribution in [0, 0.1) is 0 Å². The van der Waals surface area contributed by atoms with Crippen molar-refractivity contribution in [1.29, 1.82) is 0 Å². The Hall–Kier alpha value is -1.88. The summed E-state index contributed by atoms with van der Waals surface area (Å²) < 4.78 is 0. The molecule has 0 unspecified atom stereocenters. The van der Waals surface area contributed by atoms with Crippen LogP contribution in [0.2, 0.25) is 0 Å². The number of benzene rings is 1. The summed E-state index contributed by atoms with van der Waals surface area (Å²) >= 11 is 0. The average molecular weight is 247 g/mol. The van der Waals surface area contributed by atoms with E-state index in [4.69, 9.17) is 11.5 Å². The number of likely N-dealkylation sites (N-methyl/N-ethyl adjacent to an activating group) is 1. The second-order valence-electron chi connectivity index (χ2n) is 4.88. The number of carbonyl (C=O) groups is 2. The van der Waals surface area contributed by atoms with Gasteiger partial charge in [-0.3, -0.25) is 9.59 Å². The number of primary amides is 1. The summed E-state index contributed by atoms with van der Waals surface area (Å²) in [6.45, 7) is 0.483. The van der Waals surface area contributed by atoms with E-state index in [9.17, 15) is 9.59 Å². The molecule has 18 heavy (non-hydrogen) atoms. The largest absolute Gasteiger partial charge is 0.366 e. The molecule has 2 rings (SSSR count). The Kier molecular flexibility index (Phi) is 3.09. The van der Waals surface area contributed by atoms with Gasteiger partial charge in [-0.1, -0.05) is 12.1 Å². The van der Waals surface area contributed by atoms with Crippen molar-refractivity contribution in [3.63, 3.8) is 0 Å². The minimum atomic E-state index is -0.637. The van der Waals surface area contributed by atoms with E-state index < -0.39 is 11.4 Å². The second kappa shape index (κ2) is 4.42. The predicted molar refractivity (Wildman–Crippen MR) is 67.6 cm³/mol. The molecule has 5 nitrogen and oxygen atoms in total. The second-order valence-corrected chi connectivity index (χ2v) is 4.88. The smallest absolute Gasteiger partial charge is 0.248 e. The predicted octanol–water partition coefficient (Wildman–Crippen LogP) is 0.235. The van der Waals surface area contributed by atoms with Crippen molar-refractivity contribution in [3.8, 4) is 0 Å². The molecule has 0 bridgehead atoms. The van der Waals surface area contributed by atoms with Gasteiger partial charge in [0.25, 0.3) is 0 Å². The van der Waals surface area contributed by atoms with Crippen LogP contribution in [-0.4, -0.2) is 29.3 Å². The van der Waals surface area contributed by atoms with E-state index in [1.165, 1.54) is 0 Å². The van der Waals surface area contributed by atoms with Crippen LogP contribution in [0.5, 0.6) is 0 Å². The number of amides is 2. The monoisotopic (exact) mass is 247 g/mol. The standard InChI is InChI=1S/C13H17N3O2/c1-16(12(18)13(15)6-7-13)8-9-2-4-10(5-3-9)11(14)17/h2-5H,6-8,15H2,1H3,(H2,14,17). The maximum Gasteiger partial charge on any atom is 0.248 e. The summed E-state index contributed by atoms with van der Waals surface area (Å²) in [7, 11) is 1.73. The van der Waals surface area contributed by atoms with Gasteiger partial charge in [-0.25, -0.2) is 0 Å². The first-order valence-corrected chi connectivity index (χ1v) is 5.85. The van der Waals surface area contributed by atoms with Crippen molar-refractivity contribution < 1.29 is 9.59 Å². The molecule has 4 N–H and O–H groups in total. The fourth-order valence-corrected chi connectivity index (χ4v) is 1.85. The van der Waals surface area contributed by atoms with Gasteiger partial charge in [0.2, 0.25) is 11.8 Å². The third-order valence-corrected chi connectivity index (χ3v) is 3.22. The molecule has 0 aromatic heterocycles. The molecule has 0 atom stereocenters. The van der Waals surface area contributed by atoms with Crippen molar-refractivity contribution in [2.75, 3.05) is 7.05 Å². The Morgan fingerprint density at radius 1 is 1.28 bits per heavy atom. The first-order chi connectivity index (χ1) is 8.42. The number of hydrogen-bond acceptors (Lipinski definition) is 3. The van der Waals surface area contributed by atoms with E-state index in [-0.39, 0.29) is 5.91 Å². The molecular formula is C13H17N3O2. The van der Waals surface area contributed by atoms with Crippen LogP contribution in [-0.2, 0) is 11.3 Å². The topological polar surface area (TPSA) is 89.4 Å². The van der Waals surface area contributed by atoms with E-state index >= 15 is 0 Å². The van der Waals surface area contributed by atoms with Crippen LogP contribution < -0.4 is 11.5 Å². The van der Waals surface area contributed by atoms with Crippen LogP contribution >= 0.6 is 0 Å².